The first-order chi connectivity index (χ1) is 12.0. The van der Waals surface area contributed by atoms with Gasteiger partial charge in [-0.1, -0.05) is 47.1 Å². The number of nitrogens with zero attached hydrogens (tertiary/aromatic N) is 2. The molecule has 0 atom stereocenters. The van der Waals surface area contributed by atoms with Crippen LogP contribution in [0.5, 0.6) is 0 Å². The lowest BCUT2D eigenvalue weighted by atomic mass is 10.2. The predicted molar refractivity (Wildman–Crippen MR) is 95.5 cm³/mol. The molecule has 5 nitrogen and oxygen atoms in total. The van der Waals surface area contributed by atoms with E-state index in [0.717, 1.165) is 11.8 Å². The normalized spacial score (nSPS) is 10.7. The third-order valence-corrected chi connectivity index (χ3v) is 4.60. The van der Waals surface area contributed by atoms with Crippen LogP contribution in [-0.2, 0) is 4.79 Å². The molecule has 3 rings (SSSR count). The quantitative estimate of drug-likeness (QED) is 0.619. The molecule has 1 amide bonds. The zero-order valence-electron chi connectivity index (χ0n) is 12.5. The van der Waals surface area contributed by atoms with Crippen LogP contribution in [0.4, 0.5) is 10.1 Å². The van der Waals surface area contributed by atoms with Crippen LogP contribution in [0.2, 0.25) is 10.0 Å². The van der Waals surface area contributed by atoms with Gasteiger partial charge >= 0.3 is 0 Å². The van der Waals surface area contributed by atoms with Gasteiger partial charge in [0.05, 0.1) is 21.4 Å². The van der Waals surface area contributed by atoms with Crippen molar-refractivity contribution in [2.45, 2.75) is 5.22 Å². The molecule has 0 fully saturated rings. The first-order valence-corrected chi connectivity index (χ1v) is 8.73. The minimum atomic E-state index is -0.458. The average Bonchev–Trinajstić information content (AvgIpc) is 3.05. The molecule has 25 heavy (non-hydrogen) atoms. The van der Waals surface area contributed by atoms with E-state index >= 15 is 0 Å². The molecule has 128 valence electrons. The third-order valence-electron chi connectivity index (χ3n) is 3.04. The van der Waals surface area contributed by atoms with Crippen molar-refractivity contribution in [3.63, 3.8) is 0 Å². The van der Waals surface area contributed by atoms with Crippen LogP contribution >= 0.6 is 35.0 Å². The molecule has 0 aliphatic rings. The smallest absolute Gasteiger partial charge is 0.277 e. The first-order valence-electron chi connectivity index (χ1n) is 6.99. The van der Waals surface area contributed by atoms with Gasteiger partial charge in [-0.25, -0.2) is 4.39 Å². The van der Waals surface area contributed by atoms with Crippen LogP contribution in [-0.4, -0.2) is 21.9 Å². The van der Waals surface area contributed by atoms with Crippen molar-refractivity contribution in [2.75, 3.05) is 11.1 Å². The van der Waals surface area contributed by atoms with Gasteiger partial charge in [-0.2, -0.15) is 0 Å². The third kappa shape index (κ3) is 4.50. The summed E-state index contributed by atoms with van der Waals surface area (Å²) in [6.45, 7) is 0. The molecule has 0 saturated heterocycles. The number of rotatable bonds is 5. The number of carbonyl (C=O) groups is 1. The predicted octanol–water partition coefficient (Wildman–Crippen LogP) is 4.91. The largest absolute Gasteiger partial charge is 0.411 e. The van der Waals surface area contributed by atoms with E-state index in [1.807, 2.05) is 0 Å². The molecular formula is C16H10Cl2FN3O2S. The Balaban J connectivity index is 1.59. The number of benzene rings is 2. The number of aromatic nitrogens is 2. The van der Waals surface area contributed by atoms with E-state index < -0.39 is 5.82 Å². The Bertz CT molecular complexity index is 920. The molecule has 0 radical (unpaired) electrons. The van der Waals surface area contributed by atoms with Crippen molar-refractivity contribution in [3.05, 3.63) is 58.3 Å². The monoisotopic (exact) mass is 397 g/mol. The van der Waals surface area contributed by atoms with Crippen molar-refractivity contribution < 1.29 is 13.6 Å². The molecule has 0 spiro atoms. The minimum Gasteiger partial charge on any atom is -0.411 e. The first kappa shape index (κ1) is 17.7. The Morgan fingerprint density at radius 2 is 1.96 bits per heavy atom. The highest BCUT2D eigenvalue weighted by Gasteiger charge is 2.14. The zero-order chi connectivity index (χ0) is 17.8. The fourth-order valence-corrected chi connectivity index (χ4v) is 2.77. The van der Waals surface area contributed by atoms with Gasteiger partial charge in [0.2, 0.25) is 5.91 Å². The van der Waals surface area contributed by atoms with E-state index in [1.54, 1.807) is 30.3 Å². The minimum absolute atomic E-state index is 0.0408. The Hall–Kier alpha value is -2.09. The molecule has 1 N–H and O–H groups in total. The van der Waals surface area contributed by atoms with Crippen LogP contribution in [0, 0.1) is 5.82 Å². The summed E-state index contributed by atoms with van der Waals surface area (Å²) in [5.74, 6) is -0.640. The zero-order valence-corrected chi connectivity index (χ0v) is 14.8. The van der Waals surface area contributed by atoms with Gasteiger partial charge in [0.25, 0.3) is 11.1 Å². The lowest BCUT2D eigenvalue weighted by molar-refractivity contribution is -0.113. The molecule has 9 heteroatoms. The SMILES string of the molecule is O=C(CSc1nnc(-c2ccccc2F)o1)Nc1ccc(Cl)c(Cl)c1. The van der Waals surface area contributed by atoms with Gasteiger partial charge in [0.1, 0.15) is 5.82 Å². The van der Waals surface area contributed by atoms with Crippen LogP contribution in [0.1, 0.15) is 0 Å². The Morgan fingerprint density at radius 3 is 2.72 bits per heavy atom. The van der Waals surface area contributed by atoms with Crippen molar-refractivity contribution >= 4 is 46.6 Å². The van der Waals surface area contributed by atoms with Crippen molar-refractivity contribution in [3.8, 4) is 11.5 Å². The molecule has 1 heterocycles. The number of amides is 1. The van der Waals surface area contributed by atoms with E-state index in [2.05, 4.69) is 15.5 Å². The van der Waals surface area contributed by atoms with Crippen molar-refractivity contribution in [1.29, 1.82) is 0 Å². The van der Waals surface area contributed by atoms with Crippen molar-refractivity contribution in [1.82, 2.24) is 10.2 Å². The Kier molecular flexibility index (Phi) is 5.57. The van der Waals surface area contributed by atoms with Gasteiger partial charge in [0.15, 0.2) is 0 Å². The highest BCUT2D eigenvalue weighted by Crippen LogP contribution is 2.26. The second kappa shape index (κ2) is 7.86. The van der Waals surface area contributed by atoms with Crippen molar-refractivity contribution in [2.24, 2.45) is 0 Å². The lowest BCUT2D eigenvalue weighted by Crippen LogP contribution is -2.13. The van der Waals surface area contributed by atoms with E-state index in [-0.39, 0.29) is 28.3 Å². The fourth-order valence-electron chi connectivity index (χ4n) is 1.91. The summed E-state index contributed by atoms with van der Waals surface area (Å²) in [7, 11) is 0. The molecular weight excluding hydrogens is 388 g/mol. The second-order valence-electron chi connectivity index (χ2n) is 4.82. The summed E-state index contributed by atoms with van der Waals surface area (Å²) in [6, 6.07) is 10.9. The van der Waals surface area contributed by atoms with E-state index in [0.29, 0.717) is 15.7 Å². The maximum atomic E-state index is 13.7. The highest BCUT2D eigenvalue weighted by molar-refractivity contribution is 7.99. The van der Waals surface area contributed by atoms with Crippen LogP contribution in [0.25, 0.3) is 11.5 Å². The number of nitrogens with one attached hydrogen (secondary N) is 1. The maximum absolute atomic E-state index is 13.7. The van der Waals surface area contributed by atoms with Gasteiger partial charge in [-0.3, -0.25) is 4.79 Å². The number of anilines is 1. The topological polar surface area (TPSA) is 68.0 Å². The Labute approximate surface area is 156 Å². The summed E-state index contributed by atoms with van der Waals surface area (Å²) in [5, 5.41) is 11.2. The Morgan fingerprint density at radius 1 is 1.16 bits per heavy atom. The second-order valence-corrected chi connectivity index (χ2v) is 6.56. The average molecular weight is 398 g/mol. The number of carbonyl (C=O) groups excluding carboxylic acids is 1. The van der Waals surface area contributed by atoms with Gasteiger partial charge in [-0.15, -0.1) is 10.2 Å². The summed E-state index contributed by atoms with van der Waals surface area (Å²) in [6.07, 6.45) is 0. The van der Waals surface area contributed by atoms with E-state index in [9.17, 15) is 9.18 Å². The number of hydrogen-bond donors (Lipinski definition) is 1. The van der Waals surface area contributed by atoms with Gasteiger partial charge in [-0.05, 0) is 30.3 Å². The number of thioether (sulfide) groups is 1. The molecule has 0 bridgehead atoms. The van der Waals surface area contributed by atoms with E-state index in [4.69, 9.17) is 27.6 Å². The van der Waals surface area contributed by atoms with Crippen LogP contribution in [0.3, 0.4) is 0 Å². The lowest BCUT2D eigenvalue weighted by Gasteiger charge is -2.05. The number of halogens is 3. The van der Waals surface area contributed by atoms with Gasteiger partial charge < -0.3 is 9.73 Å². The number of hydrogen-bond acceptors (Lipinski definition) is 5. The molecule has 3 aromatic rings. The molecule has 2 aromatic carbocycles. The molecule has 1 aromatic heterocycles. The maximum Gasteiger partial charge on any atom is 0.277 e. The van der Waals surface area contributed by atoms with E-state index in [1.165, 1.54) is 12.1 Å². The molecule has 0 saturated carbocycles. The molecule has 0 aliphatic heterocycles. The van der Waals surface area contributed by atoms with Gasteiger partial charge in [0, 0.05) is 5.69 Å². The summed E-state index contributed by atoms with van der Waals surface area (Å²) in [5.41, 5.74) is 0.736. The fraction of sp³-hybridized carbons (Fsp3) is 0.0625. The molecule has 0 unspecified atom stereocenters. The summed E-state index contributed by atoms with van der Waals surface area (Å²) >= 11 is 12.8. The molecule has 0 aliphatic carbocycles. The standard InChI is InChI=1S/C16H10Cl2FN3O2S/c17-11-6-5-9(7-12(11)18)20-14(23)8-25-16-22-21-15(24-16)10-3-1-2-4-13(10)19/h1-7H,8H2,(H,20,23). The highest BCUT2D eigenvalue weighted by atomic mass is 35.5. The summed E-state index contributed by atoms with van der Waals surface area (Å²) in [4.78, 5) is 12.0. The van der Waals surface area contributed by atoms with Crippen LogP contribution in [0.15, 0.2) is 52.1 Å². The summed E-state index contributed by atoms with van der Waals surface area (Å²) < 4.78 is 19.1. The van der Waals surface area contributed by atoms with Crippen LogP contribution < -0.4 is 5.32 Å².